The molecule has 0 radical (unpaired) electrons. The second kappa shape index (κ2) is 5.73. The highest BCUT2D eigenvalue weighted by Crippen LogP contribution is 2.33. The van der Waals surface area contributed by atoms with Gasteiger partial charge in [-0.15, -0.1) is 0 Å². The molecule has 0 bridgehead atoms. The Labute approximate surface area is 90.0 Å². The van der Waals surface area contributed by atoms with Crippen LogP contribution in [0.4, 0.5) is 0 Å². The second-order valence-electron chi connectivity index (χ2n) is 4.49. The molecule has 4 nitrogen and oxygen atoms in total. The molecule has 0 spiro atoms. The molecule has 1 unspecified atom stereocenters. The van der Waals surface area contributed by atoms with Gasteiger partial charge in [-0.3, -0.25) is 9.59 Å². The zero-order chi connectivity index (χ0) is 11.3. The zero-order valence-electron chi connectivity index (χ0n) is 9.16. The minimum atomic E-state index is -0.810. The summed E-state index contributed by atoms with van der Waals surface area (Å²) in [6, 6.07) is 0. The van der Waals surface area contributed by atoms with Crippen LogP contribution in [0.2, 0.25) is 0 Å². The summed E-state index contributed by atoms with van der Waals surface area (Å²) in [5.41, 5.74) is 0. The van der Waals surface area contributed by atoms with E-state index in [1.54, 1.807) is 0 Å². The Morgan fingerprint density at radius 1 is 1.47 bits per heavy atom. The van der Waals surface area contributed by atoms with Gasteiger partial charge in [-0.1, -0.05) is 19.8 Å². The van der Waals surface area contributed by atoms with Crippen molar-refractivity contribution in [2.45, 2.75) is 39.0 Å². The fourth-order valence-corrected chi connectivity index (χ4v) is 1.49. The first-order valence-corrected chi connectivity index (χ1v) is 5.56. The first-order valence-electron chi connectivity index (χ1n) is 5.56. The fraction of sp³-hybridized carbons (Fsp3) is 0.818. The Morgan fingerprint density at radius 3 is 2.67 bits per heavy atom. The smallest absolute Gasteiger partial charge is 0.303 e. The molecule has 1 amide bonds. The van der Waals surface area contributed by atoms with Gasteiger partial charge in [0.1, 0.15) is 0 Å². The van der Waals surface area contributed by atoms with Crippen LogP contribution < -0.4 is 5.32 Å². The highest BCUT2D eigenvalue weighted by Gasteiger charge is 2.21. The van der Waals surface area contributed by atoms with Crippen molar-refractivity contribution < 1.29 is 14.7 Å². The molecule has 1 atom stereocenters. The Bertz CT molecular complexity index is 236. The minimum Gasteiger partial charge on any atom is -0.481 e. The summed E-state index contributed by atoms with van der Waals surface area (Å²) in [7, 11) is 0. The van der Waals surface area contributed by atoms with Crippen molar-refractivity contribution >= 4 is 11.9 Å². The van der Waals surface area contributed by atoms with Gasteiger partial charge in [0.05, 0.1) is 0 Å². The monoisotopic (exact) mass is 213 g/mol. The first kappa shape index (κ1) is 12.0. The third-order valence-corrected chi connectivity index (χ3v) is 2.65. The van der Waals surface area contributed by atoms with Crippen molar-refractivity contribution in [2.75, 3.05) is 6.54 Å². The molecule has 1 aliphatic rings. The van der Waals surface area contributed by atoms with Crippen molar-refractivity contribution in [1.29, 1.82) is 0 Å². The van der Waals surface area contributed by atoms with Gasteiger partial charge in [0.2, 0.25) is 5.91 Å². The van der Waals surface area contributed by atoms with Gasteiger partial charge < -0.3 is 10.4 Å². The van der Waals surface area contributed by atoms with Crippen LogP contribution in [0.25, 0.3) is 0 Å². The molecule has 0 aromatic rings. The van der Waals surface area contributed by atoms with Crippen molar-refractivity contribution in [3.63, 3.8) is 0 Å². The number of carbonyl (C=O) groups excluding carboxylic acids is 1. The van der Waals surface area contributed by atoms with Crippen LogP contribution in [0.3, 0.4) is 0 Å². The van der Waals surface area contributed by atoms with Crippen LogP contribution in [0, 0.1) is 11.8 Å². The van der Waals surface area contributed by atoms with Gasteiger partial charge in [0.15, 0.2) is 0 Å². The van der Waals surface area contributed by atoms with Crippen molar-refractivity contribution in [2.24, 2.45) is 11.8 Å². The Morgan fingerprint density at radius 2 is 2.13 bits per heavy atom. The molecular formula is C11H19NO3. The van der Waals surface area contributed by atoms with E-state index < -0.39 is 5.97 Å². The third kappa shape index (κ3) is 6.10. The van der Waals surface area contributed by atoms with E-state index in [0.717, 1.165) is 12.3 Å². The summed E-state index contributed by atoms with van der Waals surface area (Å²) in [5, 5.41) is 11.3. The fourth-order valence-electron chi connectivity index (χ4n) is 1.49. The quantitative estimate of drug-likeness (QED) is 0.671. The molecule has 86 valence electrons. The van der Waals surface area contributed by atoms with Gasteiger partial charge in [0, 0.05) is 19.4 Å². The van der Waals surface area contributed by atoms with Gasteiger partial charge in [-0.25, -0.2) is 0 Å². The van der Waals surface area contributed by atoms with Gasteiger partial charge in [-0.2, -0.15) is 0 Å². The average molecular weight is 213 g/mol. The molecule has 0 aromatic heterocycles. The number of carboxylic acids is 1. The largest absolute Gasteiger partial charge is 0.481 e. The molecule has 0 aliphatic heterocycles. The summed E-state index contributed by atoms with van der Waals surface area (Å²) < 4.78 is 0. The maximum atomic E-state index is 11.3. The number of aliphatic carboxylic acids is 1. The third-order valence-electron chi connectivity index (χ3n) is 2.65. The molecule has 2 N–H and O–H groups in total. The van der Waals surface area contributed by atoms with Crippen LogP contribution in [-0.4, -0.2) is 23.5 Å². The number of carboxylic acid groups (broad SMARTS) is 1. The average Bonchev–Trinajstić information content (AvgIpc) is 2.93. The predicted octanol–water partition coefficient (Wildman–Crippen LogP) is 1.40. The van der Waals surface area contributed by atoms with Crippen molar-refractivity contribution in [3.8, 4) is 0 Å². The second-order valence-corrected chi connectivity index (χ2v) is 4.49. The Hall–Kier alpha value is -1.06. The summed E-state index contributed by atoms with van der Waals surface area (Å²) in [5.74, 6) is 0.0217. The lowest BCUT2D eigenvalue weighted by atomic mass is 10.1. The van der Waals surface area contributed by atoms with Crippen molar-refractivity contribution in [1.82, 2.24) is 5.32 Å². The van der Waals surface area contributed by atoms with E-state index in [-0.39, 0.29) is 18.2 Å². The van der Waals surface area contributed by atoms with Gasteiger partial charge in [0.25, 0.3) is 0 Å². The van der Waals surface area contributed by atoms with E-state index in [1.165, 1.54) is 12.8 Å². The van der Waals surface area contributed by atoms with E-state index in [1.807, 2.05) is 6.92 Å². The van der Waals surface area contributed by atoms with Crippen LogP contribution in [0.15, 0.2) is 0 Å². The Kier molecular flexibility index (Phi) is 4.59. The summed E-state index contributed by atoms with van der Waals surface area (Å²) >= 11 is 0. The lowest BCUT2D eigenvalue weighted by Crippen LogP contribution is -2.29. The predicted molar refractivity (Wildman–Crippen MR) is 56.4 cm³/mol. The standard InChI is InChI=1S/C11H19NO3/c1-8(6-11(14)15)7-12-10(13)5-4-9-2-3-9/h8-9H,2-7H2,1H3,(H,12,13)(H,14,15). The number of carbonyl (C=O) groups is 2. The highest BCUT2D eigenvalue weighted by molar-refractivity contribution is 5.76. The molecule has 1 aliphatic carbocycles. The van der Waals surface area contributed by atoms with Crippen LogP contribution >= 0.6 is 0 Å². The summed E-state index contributed by atoms with van der Waals surface area (Å²) in [4.78, 5) is 21.7. The molecule has 4 heteroatoms. The van der Waals surface area contributed by atoms with Gasteiger partial charge >= 0.3 is 5.97 Å². The first-order chi connectivity index (χ1) is 7.08. The molecule has 1 fully saturated rings. The van der Waals surface area contributed by atoms with Crippen LogP contribution in [0.5, 0.6) is 0 Å². The molecule has 0 heterocycles. The highest BCUT2D eigenvalue weighted by atomic mass is 16.4. The minimum absolute atomic E-state index is 0.00683. The molecule has 1 saturated carbocycles. The van der Waals surface area contributed by atoms with E-state index in [2.05, 4.69) is 5.32 Å². The molecule has 0 saturated heterocycles. The Balaban J connectivity index is 2.01. The SMILES string of the molecule is CC(CNC(=O)CCC1CC1)CC(=O)O. The number of nitrogens with one attached hydrogen (secondary N) is 1. The molecule has 0 aromatic carbocycles. The van der Waals surface area contributed by atoms with E-state index in [4.69, 9.17) is 5.11 Å². The van der Waals surface area contributed by atoms with Crippen LogP contribution in [0.1, 0.15) is 39.0 Å². The lowest BCUT2D eigenvalue weighted by molar-refractivity contribution is -0.138. The molecule has 1 rings (SSSR count). The maximum absolute atomic E-state index is 11.3. The zero-order valence-corrected chi connectivity index (χ0v) is 9.16. The number of rotatable bonds is 7. The topological polar surface area (TPSA) is 66.4 Å². The number of hydrogen-bond donors (Lipinski definition) is 2. The summed E-state index contributed by atoms with van der Waals surface area (Å²) in [6.45, 7) is 2.30. The summed E-state index contributed by atoms with van der Waals surface area (Å²) in [6.07, 6.45) is 4.22. The maximum Gasteiger partial charge on any atom is 0.303 e. The van der Waals surface area contributed by atoms with E-state index in [9.17, 15) is 9.59 Å². The van der Waals surface area contributed by atoms with Crippen molar-refractivity contribution in [3.05, 3.63) is 0 Å². The number of amides is 1. The van der Waals surface area contributed by atoms with E-state index >= 15 is 0 Å². The normalized spacial score (nSPS) is 17.1. The lowest BCUT2D eigenvalue weighted by Gasteiger charge is -2.09. The molecular weight excluding hydrogens is 194 g/mol. The van der Waals surface area contributed by atoms with E-state index in [0.29, 0.717) is 13.0 Å². The van der Waals surface area contributed by atoms with Crippen LogP contribution in [-0.2, 0) is 9.59 Å². The number of hydrogen-bond acceptors (Lipinski definition) is 2. The van der Waals surface area contributed by atoms with Gasteiger partial charge in [-0.05, 0) is 18.3 Å². The molecule has 15 heavy (non-hydrogen) atoms.